The maximum atomic E-state index is 10.2. The molecule has 19 heavy (non-hydrogen) atoms. The SMILES string of the molecule is OC(CC1CCOc2ccccc21)c1ccc(Cl)o1. The van der Waals surface area contributed by atoms with Crippen LogP contribution in [-0.4, -0.2) is 11.7 Å². The zero-order valence-corrected chi connectivity index (χ0v) is 11.1. The van der Waals surface area contributed by atoms with Crippen LogP contribution in [0.15, 0.2) is 40.8 Å². The summed E-state index contributed by atoms with van der Waals surface area (Å²) in [6.07, 6.45) is 0.885. The Morgan fingerprint density at radius 1 is 1.26 bits per heavy atom. The predicted molar refractivity (Wildman–Crippen MR) is 72.6 cm³/mol. The van der Waals surface area contributed by atoms with Crippen LogP contribution in [0.2, 0.25) is 5.22 Å². The molecule has 0 saturated heterocycles. The van der Waals surface area contributed by atoms with Crippen molar-refractivity contribution in [3.05, 3.63) is 52.9 Å². The van der Waals surface area contributed by atoms with Gasteiger partial charge in [-0.05, 0) is 54.1 Å². The molecule has 1 aromatic heterocycles. The number of benzene rings is 1. The lowest BCUT2D eigenvalue weighted by molar-refractivity contribution is 0.122. The van der Waals surface area contributed by atoms with Gasteiger partial charge in [0, 0.05) is 0 Å². The molecule has 2 heterocycles. The van der Waals surface area contributed by atoms with Gasteiger partial charge in [-0.25, -0.2) is 0 Å². The molecule has 0 spiro atoms. The van der Waals surface area contributed by atoms with Gasteiger partial charge in [0.25, 0.3) is 0 Å². The first-order chi connectivity index (χ1) is 9.24. The molecule has 0 bridgehead atoms. The summed E-state index contributed by atoms with van der Waals surface area (Å²) in [6, 6.07) is 11.4. The average molecular weight is 279 g/mol. The fourth-order valence-electron chi connectivity index (χ4n) is 2.55. The minimum absolute atomic E-state index is 0.281. The van der Waals surface area contributed by atoms with E-state index in [1.54, 1.807) is 12.1 Å². The number of para-hydroxylation sites is 1. The lowest BCUT2D eigenvalue weighted by Crippen LogP contribution is -2.16. The van der Waals surface area contributed by atoms with Crippen molar-refractivity contribution >= 4 is 11.6 Å². The number of aliphatic hydroxyl groups excluding tert-OH is 1. The monoisotopic (exact) mass is 278 g/mol. The van der Waals surface area contributed by atoms with Crippen molar-refractivity contribution in [1.82, 2.24) is 0 Å². The van der Waals surface area contributed by atoms with Crippen LogP contribution in [0.1, 0.15) is 36.2 Å². The van der Waals surface area contributed by atoms with Crippen molar-refractivity contribution < 1.29 is 14.3 Å². The first-order valence-corrected chi connectivity index (χ1v) is 6.77. The number of hydrogen-bond acceptors (Lipinski definition) is 3. The summed E-state index contributed by atoms with van der Waals surface area (Å²) in [6.45, 7) is 0.688. The van der Waals surface area contributed by atoms with Crippen LogP contribution >= 0.6 is 11.6 Å². The van der Waals surface area contributed by atoms with E-state index < -0.39 is 6.10 Å². The molecule has 0 fully saturated rings. The maximum Gasteiger partial charge on any atom is 0.193 e. The summed E-state index contributed by atoms with van der Waals surface area (Å²) in [5, 5.41) is 10.5. The first-order valence-electron chi connectivity index (χ1n) is 6.39. The molecule has 1 aliphatic heterocycles. The van der Waals surface area contributed by atoms with Gasteiger partial charge in [0.2, 0.25) is 0 Å². The number of hydrogen-bond donors (Lipinski definition) is 1. The number of halogens is 1. The Bertz CT molecular complexity index is 564. The van der Waals surface area contributed by atoms with E-state index in [1.165, 1.54) is 0 Å². The molecule has 2 aromatic rings. The van der Waals surface area contributed by atoms with E-state index in [2.05, 4.69) is 6.07 Å². The van der Waals surface area contributed by atoms with Crippen LogP contribution in [0.3, 0.4) is 0 Å². The number of fused-ring (bicyclic) bond motifs is 1. The summed E-state index contributed by atoms with van der Waals surface area (Å²) in [5.41, 5.74) is 1.16. The molecule has 1 aliphatic rings. The van der Waals surface area contributed by atoms with Crippen molar-refractivity contribution in [3.8, 4) is 5.75 Å². The van der Waals surface area contributed by atoms with E-state index in [0.717, 1.165) is 17.7 Å². The minimum Gasteiger partial charge on any atom is -0.493 e. The summed E-state index contributed by atoms with van der Waals surface area (Å²) in [4.78, 5) is 0. The standard InChI is InChI=1S/C15H15ClO3/c16-15-6-5-14(19-15)12(17)9-10-7-8-18-13-4-2-1-3-11(10)13/h1-6,10,12,17H,7-9H2. The Labute approximate surface area is 116 Å². The normalized spacial score (nSPS) is 19.6. The molecule has 1 aromatic carbocycles. The van der Waals surface area contributed by atoms with Crippen LogP contribution < -0.4 is 4.74 Å². The Morgan fingerprint density at radius 2 is 2.11 bits per heavy atom. The first kappa shape index (κ1) is 12.6. The summed E-state index contributed by atoms with van der Waals surface area (Å²) in [7, 11) is 0. The Kier molecular flexibility index (Phi) is 3.49. The molecule has 3 nitrogen and oxygen atoms in total. The van der Waals surface area contributed by atoms with Gasteiger partial charge in [0.15, 0.2) is 5.22 Å². The summed E-state index contributed by atoms with van der Waals surface area (Å²) in [5.74, 6) is 1.72. The smallest absolute Gasteiger partial charge is 0.193 e. The molecule has 1 N–H and O–H groups in total. The second-order valence-electron chi connectivity index (χ2n) is 4.77. The van der Waals surface area contributed by atoms with Crippen molar-refractivity contribution in [2.45, 2.75) is 24.9 Å². The number of aliphatic hydroxyl groups is 1. The highest BCUT2D eigenvalue weighted by Gasteiger charge is 2.25. The maximum absolute atomic E-state index is 10.2. The second kappa shape index (κ2) is 5.27. The van der Waals surface area contributed by atoms with Gasteiger partial charge in [-0.15, -0.1) is 0 Å². The largest absolute Gasteiger partial charge is 0.493 e. The molecule has 3 rings (SSSR count). The average Bonchev–Trinajstić information content (AvgIpc) is 2.86. The molecule has 4 heteroatoms. The van der Waals surface area contributed by atoms with Crippen LogP contribution in [-0.2, 0) is 0 Å². The van der Waals surface area contributed by atoms with Gasteiger partial charge in [0.1, 0.15) is 17.6 Å². The van der Waals surface area contributed by atoms with Crippen molar-refractivity contribution in [1.29, 1.82) is 0 Å². The third kappa shape index (κ3) is 2.62. The van der Waals surface area contributed by atoms with Gasteiger partial charge >= 0.3 is 0 Å². The van der Waals surface area contributed by atoms with E-state index in [-0.39, 0.29) is 5.92 Å². The quantitative estimate of drug-likeness (QED) is 0.925. The number of rotatable bonds is 3. The van der Waals surface area contributed by atoms with Crippen molar-refractivity contribution in [2.75, 3.05) is 6.61 Å². The minimum atomic E-state index is -0.636. The highest BCUT2D eigenvalue weighted by molar-refractivity contribution is 6.28. The molecule has 0 amide bonds. The molecular weight excluding hydrogens is 264 g/mol. The molecule has 0 radical (unpaired) electrons. The van der Waals surface area contributed by atoms with Crippen LogP contribution in [0.4, 0.5) is 0 Å². The van der Waals surface area contributed by atoms with Crippen molar-refractivity contribution in [3.63, 3.8) is 0 Å². The lowest BCUT2D eigenvalue weighted by atomic mass is 9.88. The highest BCUT2D eigenvalue weighted by atomic mass is 35.5. The zero-order chi connectivity index (χ0) is 13.2. The van der Waals surface area contributed by atoms with Gasteiger partial charge < -0.3 is 14.3 Å². The van der Waals surface area contributed by atoms with Gasteiger partial charge in [-0.3, -0.25) is 0 Å². The van der Waals surface area contributed by atoms with E-state index in [0.29, 0.717) is 24.0 Å². The van der Waals surface area contributed by atoms with E-state index in [1.807, 2.05) is 18.2 Å². The predicted octanol–water partition coefficient (Wildman–Crippen LogP) is 3.92. The van der Waals surface area contributed by atoms with Crippen LogP contribution in [0, 0.1) is 0 Å². The molecular formula is C15H15ClO3. The van der Waals surface area contributed by atoms with Gasteiger partial charge in [-0.2, -0.15) is 0 Å². The van der Waals surface area contributed by atoms with Crippen molar-refractivity contribution in [2.24, 2.45) is 0 Å². The molecule has 2 atom stereocenters. The Hall–Kier alpha value is -1.45. The highest BCUT2D eigenvalue weighted by Crippen LogP contribution is 2.39. The summed E-state index contributed by atoms with van der Waals surface area (Å²) >= 11 is 5.73. The lowest BCUT2D eigenvalue weighted by Gasteiger charge is -2.27. The molecule has 0 saturated carbocycles. The third-order valence-electron chi connectivity index (χ3n) is 3.51. The van der Waals surface area contributed by atoms with E-state index in [4.69, 9.17) is 20.8 Å². The van der Waals surface area contributed by atoms with Crippen LogP contribution in [0.25, 0.3) is 0 Å². The molecule has 2 unspecified atom stereocenters. The second-order valence-corrected chi connectivity index (χ2v) is 5.14. The Morgan fingerprint density at radius 3 is 2.89 bits per heavy atom. The fraction of sp³-hybridized carbons (Fsp3) is 0.333. The Balaban J connectivity index is 1.77. The fourth-order valence-corrected chi connectivity index (χ4v) is 2.71. The van der Waals surface area contributed by atoms with Gasteiger partial charge in [-0.1, -0.05) is 18.2 Å². The topological polar surface area (TPSA) is 42.6 Å². The number of ether oxygens (including phenoxy) is 1. The number of furan rings is 1. The van der Waals surface area contributed by atoms with Gasteiger partial charge in [0.05, 0.1) is 6.61 Å². The van der Waals surface area contributed by atoms with E-state index in [9.17, 15) is 5.11 Å². The zero-order valence-electron chi connectivity index (χ0n) is 10.4. The molecule has 100 valence electrons. The van der Waals surface area contributed by atoms with E-state index >= 15 is 0 Å². The molecule has 0 aliphatic carbocycles. The third-order valence-corrected chi connectivity index (χ3v) is 3.72. The summed E-state index contributed by atoms with van der Waals surface area (Å²) < 4.78 is 10.9. The van der Waals surface area contributed by atoms with Crippen LogP contribution in [0.5, 0.6) is 5.75 Å².